The van der Waals surface area contributed by atoms with Crippen molar-refractivity contribution in [2.75, 3.05) is 33.2 Å². The van der Waals surface area contributed by atoms with Gasteiger partial charge in [0.2, 0.25) is 0 Å². The first kappa shape index (κ1) is 12.8. The van der Waals surface area contributed by atoms with Crippen molar-refractivity contribution in [2.24, 2.45) is 0 Å². The van der Waals surface area contributed by atoms with Crippen molar-refractivity contribution < 1.29 is 4.39 Å². The van der Waals surface area contributed by atoms with E-state index < -0.39 is 0 Å². The van der Waals surface area contributed by atoms with Crippen LogP contribution in [0.3, 0.4) is 0 Å². The first-order valence-corrected chi connectivity index (χ1v) is 6.17. The Kier molecular flexibility index (Phi) is 4.34. The first-order chi connectivity index (χ1) is 8.22. The highest BCUT2D eigenvalue weighted by Gasteiger charge is 2.23. The molecule has 1 atom stereocenters. The molecule has 0 aliphatic carbocycles. The van der Waals surface area contributed by atoms with Gasteiger partial charge in [-0.1, -0.05) is 11.6 Å². The Hall–Kier alpha value is -0.680. The Morgan fingerprint density at radius 3 is 2.76 bits per heavy atom. The van der Waals surface area contributed by atoms with E-state index in [1.807, 2.05) is 7.05 Å². The van der Waals surface area contributed by atoms with Crippen LogP contribution in [-0.2, 0) is 0 Å². The molecule has 3 nitrogen and oxygen atoms in total. The lowest BCUT2D eigenvalue weighted by Gasteiger charge is -2.35. The van der Waals surface area contributed by atoms with Gasteiger partial charge in [-0.25, -0.2) is 4.39 Å². The number of hydrogen-bond donors (Lipinski definition) is 2. The lowest BCUT2D eigenvalue weighted by Crippen LogP contribution is -2.48. The Morgan fingerprint density at radius 2 is 2.12 bits per heavy atom. The third kappa shape index (κ3) is 2.96. The minimum Gasteiger partial charge on any atom is -0.314 e. The quantitative estimate of drug-likeness (QED) is 0.862. The second-order valence-electron chi connectivity index (χ2n) is 4.14. The third-order valence-electron chi connectivity index (χ3n) is 3.04. The highest BCUT2D eigenvalue weighted by molar-refractivity contribution is 6.30. The van der Waals surface area contributed by atoms with Crippen LogP contribution in [0.1, 0.15) is 11.7 Å². The average molecular weight is 258 g/mol. The molecule has 0 spiro atoms. The van der Waals surface area contributed by atoms with Crippen LogP contribution >= 0.6 is 11.6 Å². The summed E-state index contributed by atoms with van der Waals surface area (Å²) in [5.41, 5.74) is 0.613. The van der Waals surface area contributed by atoms with Crippen molar-refractivity contribution in [3.8, 4) is 0 Å². The minimum absolute atomic E-state index is 0.115. The average Bonchev–Trinajstić information content (AvgIpc) is 2.36. The lowest BCUT2D eigenvalue weighted by molar-refractivity contribution is 0.150. The molecule has 0 saturated carbocycles. The molecule has 0 aromatic heterocycles. The van der Waals surface area contributed by atoms with E-state index in [0.29, 0.717) is 10.6 Å². The third-order valence-corrected chi connectivity index (χ3v) is 3.28. The van der Waals surface area contributed by atoms with Crippen LogP contribution in [-0.4, -0.2) is 38.1 Å². The zero-order chi connectivity index (χ0) is 12.3. The van der Waals surface area contributed by atoms with Gasteiger partial charge < -0.3 is 10.6 Å². The van der Waals surface area contributed by atoms with Crippen LogP contribution in [0.25, 0.3) is 0 Å². The Morgan fingerprint density at radius 1 is 1.41 bits per heavy atom. The summed E-state index contributed by atoms with van der Waals surface area (Å²) in [7, 11) is 1.84. The molecular weight excluding hydrogens is 241 g/mol. The number of hydrogen-bond acceptors (Lipinski definition) is 3. The fraction of sp³-hybridized carbons (Fsp3) is 0.500. The summed E-state index contributed by atoms with van der Waals surface area (Å²) in [5, 5.41) is 7.00. The predicted molar refractivity (Wildman–Crippen MR) is 67.7 cm³/mol. The molecule has 5 heteroatoms. The van der Waals surface area contributed by atoms with E-state index in [0.717, 1.165) is 26.2 Å². The van der Waals surface area contributed by atoms with E-state index in [-0.39, 0.29) is 12.0 Å². The van der Waals surface area contributed by atoms with E-state index in [1.54, 1.807) is 12.1 Å². The minimum atomic E-state index is -0.215. The maximum atomic E-state index is 13.8. The topological polar surface area (TPSA) is 27.3 Å². The van der Waals surface area contributed by atoms with Crippen LogP contribution < -0.4 is 10.6 Å². The highest BCUT2D eigenvalue weighted by Crippen LogP contribution is 2.24. The van der Waals surface area contributed by atoms with Crippen molar-refractivity contribution in [1.29, 1.82) is 0 Å². The summed E-state index contributed by atoms with van der Waals surface area (Å²) in [5.74, 6) is -0.215. The molecule has 17 heavy (non-hydrogen) atoms. The number of halogens is 2. The van der Waals surface area contributed by atoms with Gasteiger partial charge in [-0.3, -0.25) is 4.90 Å². The second-order valence-corrected chi connectivity index (χ2v) is 4.58. The van der Waals surface area contributed by atoms with Crippen LogP contribution in [0.4, 0.5) is 4.39 Å². The zero-order valence-corrected chi connectivity index (χ0v) is 10.6. The van der Waals surface area contributed by atoms with Crippen molar-refractivity contribution in [2.45, 2.75) is 6.17 Å². The summed E-state index contributed by atoms with van der Waals surface area (Å²) in [6.07, 6.45) is -0.115. The number of rotatable bonds is 3. The number of benzene rings is 1. The van der Waals surface area contributed by atoms with Gasteiger partial charge in [0.25, 0.3) is 0 Å². The van der Waals surface area contributed by atoms with E-state index in [4.69, 9.17) is 11.6 Å². The van der Waals surface area contributed by atoms with Gasteiger partial charge >= 0.3 is 0 Å². The predicted octanol–water partition coefficient (Wildman–Crippen LogP) is 1.60. The molecule has 0 bridgehead atoms. The van der Waals surface area contributed by atoms with Crippen molar-refractivity contribution >= 4 is 11.6 Å². The highest BCUT2D eigenvalue weighted by atomic mass is 35.5. The van der Waals surface area contributed by atoms with Gasteiger partial charge in [-0.15, -0.1) is 0 Å². The maximum Gasteiger partial charge on any atom is 0.129 e. The van der Waals surface area contributed by atoms with E-state index >= 15 is 0 Å². The molecule has 1 aromatic carbocycles. The molecule has 1 fully saturated rings. The summed E-state index contributed by atoms with van der Waals surface area (Å²) in [6.45, 7) is 3.66. The summed E-state index contributed by atoms with van der Waals surface area (Å²) in [6, 6.07) is 4.69. The zero-order valence-electron chi connectivity index (χ0n) is 9.84. The second kappa shape index (κ2) is 5.78. The molecule has 2 N–H and O–H groups in total. The fourth-order valence-electron chi connectivity index (χ4n) is 2.20. The molecule has 1 saturated heterocycles. The monoisotopic (exact) mass is 257 g/mol. The maximum absolute atomic E-state index is 13.8. The van der Waals surface area contributed by atoms with E-state index in [1.165, 1.54) is 6.07 Å². The molecule has 1 unspecified atom stereocenters. The summed E-state index contributed by atoms with van der Waals surface area (Å²) in [4.78, 5) is 2.21. The molecule has 1 aromatic rings. The molecule has 0 radical (unpaired) electrons. The van der Waals surface area contributed by atoms with Crippen molar-refractivity contribution in [3.05, 3.63) is 34.6 Å². The van der Waals surface area contributed by atoms with Crippen LogP contribution in [0.15, 0.2) is 18.2 Å². The largest absolute Gasteiger partial charge is 0.314 e. The lowest BCUT2D eigenvalue weighted by atomic mass is 10.1. The molecule has 94 valence electrons. The van der Waals surface area contributed by atoms with Gasteiger partial charge in [0, 0.05) is 36.8 Å². The SMILES string of the molecule is CNC(c1cc(Cl)ccc1F)N1CCNCC1. The summed E-state index contributed by atoms with van der Waals surface area (Å²) >= 11 is 5.93. The molecule has 0 amide bonds. The van der Waals surface area contributed by atoms with Crippen LogP contribution in [0.5, 0.6) is 0 Å². The van der Waals surface area contributed by atoms with E-state index in [2.05, 4.69) is 15.5 Å². The molecular formula is C12H17ClFN3. The van der Waals surface area contributed by atoms with Gasteiger partial charge in [-0.2, -0.15) is 0 Å². The Balaban J connectivity index is 2.24. The molecule has 1 aliphatic rings. The van der Waals surface area contributed by atoms with E-state index in [9.17, 15) is 4.39 Å². The molecule has 2 rings (SSSR count). The van der Waals surface area contributed by atoms with Gasteiger partial charge in [0.15, 0.2) is 0 Å². The van der Waals surface area contributed by atoms with Crippen molar-refractivity contribution in [3.63, 3.8) is 0 Å². The fourth-order valence-corrected chi connectivity index (χ4v) is 2.38. The Labute approximate surface area is 106 Å². The van der Waals surface area contributed by atoms with Crippen LogP contribution in [0, 0.1) is 5.82 Å². The standard InChI is InChI=1S/C12H17ClFN3/c1-15-12(17-6-4-16-5-7-17)10-8-9(13)2-3-11(10)14/h2-3,8,12,15-16H,4-7H2,1H3. The number of nitrogens with zero attached hydrogens (tertiary/aromatic N) is 1. The van der Waals surface area contributed by atoms with Crippen LogP contribution in [0.2, 0.25) is 5.02 Å². The Bertz CT molecular complexity index is 380. The number of nitrogens with one attached hydrogen (secondary N) is 2. The number of piperazine rings is 1. The van der Waals surface area contributed by atoms with Crippen molar-refractivity contribution in [1.82, 2.24) is 15.5 Å². The first-order valence-electron chi connectivity index (χ1n) is 5.79. The van der Waals surface area contributed by atoms with Gasteiger partial charge in [0.1, 0.15) is 5.82 Å². The molecule has 1 aliphatic heterocycles. The smallest absolute Gasteiger partial charge is 0.129 e. The molecule has 1 heterocycles. The summed E-state index contributed by atoms with van der Waals surface area (Å²) < 4.78 is 13.8. The van der Waals surface area contributed by atoms with Gasteiger partial charge in [-0.05, 0) is 25.2 Å². The van der Waals surface area contributed by atoms with Gasteiger partial charge in [0.05, 0.1) is 6.17 Å². The normalized spacial score (nSPS) is 19.2.